The van der Waals surface area contributed by atoms with Gasteiger partial charge in [0, 0.05) is 18.2 Å². The van der Waals surface area contributed by atoms with Crippen LogP contribution in [0.15, 0.2) is 23.2 Å². The van der Waals surface area contributed by atoms with Crippen molar-refractivity contribution in [3.05, 3.63) is 23.2 Å². The van der Waals surface area contributed by atoms with Crippen molar-refractivity contribution in [2.24, 2.45) is 16.6 Å². The average molecular weight is 441 g/mol. The van der Waals surface area contributed by atoms with Crippen LogP contribution < -0.4 is 21.1 Å². The molecule has 1 amide bonds. The fraction of sp³-hybridized carbons (Fsp3) is 0.429. The Kier molecular flexibility index (Phi) is 9.91. The Morgan fingerprint density at radius 2 is 2.14 bits per heavy atom. The number of nitrogens with zero attached hydrogens (tertiary/aromatic N) is 1. The van der Waals surface area contributed by atoms with E-state index >= 15 is 0 Å². The lowest BCUT2D eigenvalue weighted by molar-refractivity contribution is -0.123. The summed E-state index contributed by atoms with van der Waals surface area (Å²) in [5, 5.41) is 6.16. The van der Waals surface area contributed by atoms with E-state index < -0.39 is 0 Å². The highest BCUT2D eigenvalue weighted by Crippen LogP contribution is 2.26. The Bertz CT molecular complexity index is 524. The van der Waals surface area contributed by atoms with Crippen LogP contribution in [0.1, 0.15) is 13.8 Å². The van der Waals surface area contributed by atoms with Crippen molar-refractivity contribution < 1.29 is 9.53 Å². The Morgan fingerprint density at radius 1 is 1.45 bits per heavy atom. The molecule has 0 aromatic heterocycles. The van der Waals surface area contributed by atoms with Crippen LogP contribution in [0.3, 0.4) is 0 Å². The van der Waals surface area contributed by atoms with Gasteiger partial charge >= 0.3 is 0 Å². The number of benzene rings is 1. The molecule has 0 saturated carbocycles. The van der Waals surface area contributed by atoms with Crippen molar-refractivity contribution in [2.45, 2.75) is 13.8 Å². The number of amides is 1. The summed E-state index contributed by atoms with van der Waals surface area (Å²) in [6, 6.07) is 5.22. The van der Waals surface area contributed by atoms with Crippen molar-refractivity contribution >= 4 is 53.1 Å². The molecule has 1 aromatic carbocycles. The van der Waals surface area contributed by atoms with Crippen LogP contribution in [0.4, 0.5) is 5.69 Å². The van der Waals surface area contributed by atoms with E-state index in [0.29, 0.717) is 29.5 Å². The van der Waals surface area contributed by atoms with Gasteiger partial charge in [0.1, 0.15) is 5.75 Å². The van der Waals surface area contributed by atoms with E-state index in [1.807, 2.05) is 13.8 Å². The van der Waals surface area contributed by atoms with E-state index in [1.54, 1.807) is 25.3 Å². The van der Waals surface area contributed by atoms with Crippen LogP contribution >= 0.6 is 35.6 Å². The van der Waals surface area contributed by atoms with Crippen LogP contribution in [-0.4, -0.2) is 32.1 Å². The number of carbonyl (C=O) groups excluding carboxylic acids is 1. The third kappa shape index (κ3) is 7.17. The summed E-state index contributed by atoms with van der Waals surface area (Å²) >= 11 is 6.01. The van der Waals surface area contributed by atoms with Crippen LogP contribution in [0.2, 0.25) is 5.02 Å². The molecule has 22 heavy (non-hydrogen) atoms. The quantitative estimate of drug-likeness (QED) is 0.274. The molecule has 6 nitrogen and oxygen atoms in total. The topological polar surface area (TPSA) is 88.7 Å². The van der Waals surface area contributed by atoms with Gasteiger partial charge in [0.05, 0.1) is 18.7 Å². The highest BCUT2D eigenvalue weighted by atomic mass is 127. The lowest BCUT2D eigenvalue weighted by Crippen LogP contribution is -2.31. The van der Waals surface area contributed by atoms with Crippen molar-refractivity contribution in [1.29, 1.82) is 0 Å². The van der Waals surface area contributed by atoms with Crippen molar-refractivity contribution in [2.75, 3.05) is 25.5 Å². The van der Waals surface area contributed by atoms with Crippen LogP contribution in [0.5, 0.6) is 5.75 Å². The lowest BCUT2D eigenvalue weighted by atomic mass is 10.2. The minimum Gasteiger partial charge on any atom is -0.495 e. The molecule has 0 saturated heterocycles. The van der Waals surface area contributed by atoms with Gasteiger partial charge in [-0.05, 0) is 18.2 Å². The van der Waals surface area contributed by atoms with Gasteiger partial charge in [0.15, 0.2) is 5.96 Å². The fourth-order valence-electron chi connectivity index (χ4n) is 1.49. The number of methoxy groups -OCH3 is 1. The van der Waals surface area contributed by atoms with E-state index in [0.717, 1.165) is 0 Å². The number of rotatable bonds is 6. The molecule has 4 N–H and O–H groups in total. The third-order valence-electron chi connectivity index (χ3n) is 2.64. The van der Waals surface area contributed by atoms with E-state index in [-0.39, 0.29) is 41.8 Å². The van der Waals surface area contributed by atoms with Crippen LogP contribution in [-0.2, 0) is 4.79 Å². The molecule has 124 valence electrons. The monoisotopic (exact) mass is 440 g/mol. The summed E-state index contributed by atoms with van der Waals surface area (Å²) < 4.78 is 5.06. The summed E-state index contributed by atoms with van der Waals surface area (Å²) in [7, 11) is 1.55. The number of guanidine groups is 1. The Morgan fingerprint density at radius 3 is 2.68 bits per heavy atom. The number of hydrogen-bond donors (Lipinski definition) is 3. The summed E-state index contributed by atoms with van der Waals surface area (Å²) in [5.41, 5.74) is 6.47. The molecule has 0 bridgehead atoms. The highest BCUT2D eigenvalue weighted by molar-refractivity contribution is 14.0. The molecule has 0 fully saturated rings. The van der Waals surface area contributed by atoms with Crippen molar-refractivity contribution in [3.63, 3.8) is 0 Å². The normalized spacial score (nSPS) is 10.9. The van der Waals surface area contributed by atoms with Gasteiger partial charge in [-0.3, -0.25) is 9.79 Å². The Balaban J connectivity index is 0.00000441. The molecule has 1 rings (SSSR count). The van der Waals surface area contributed by atoms with Gasteiger partial charge in [-0.15, -0.1) is 24.0 Å². The highest BCUT2D eigenvalue weighted by Gasteiger charge is 2.05. The summed E-state index contributed by atoms with van der Waals surface area (Å²) in [4.78, 5) is 15.5. The molecule has 0 aliphatic carbocycles. The molecule has 8 heteroatoms. The molecule has 0 atom stereocenters. The van der Waals surface area contributed by atoms with E-state index in [1.165, 1.54) is 0 Å². The van der Waals surface area contributed by atoms with Gasteiger partial charge in [-0.1, -0.05) is 25.4 Å². The molecular formula is C14H22ClIN4O2. The largest absolute Gasteiger partial charge is 0.495 e. The maximum absolute atomic E-state index is 11.3. The average Bonchev–Trinajstić information content (AvgIpc) is 2.43. The molecule has 0 aliphatic rings. The summed E-state index contributed by atoms with van der Waals surface area (Å²) in [6.07, 6.45) is 0. The SMILES string of the molecule is COc1ccc(NC(N)=NCCNC(=O)C(C)C)cc1Cl.I. The second-order valence-corrected chi connectivity index (χ2v) is 5.09. The first-order valence-electron chi connectivity index (χ1n) is 6.62. The third-order valence-corrected chi connectivity index (χ3v) is 2.94. The predicted molar refractivity (Wildman–Crippen MR) is 101 cm³/mol. The number of nitrogens with two attached hydrogens (primary N) is 1. The zero-order valence-electron chi connectivity index (χ0n) is 12.9. The smallest absolute Gasteiger partial charge is 0.222 e. The molecule has 0 radical (unpaired) electrons. The van der Waals surface area contributed by atoms with E-state index in [9.17, 15) is 4.79 Å². The predicted octanol–water partition coefficient (Wildman–Crippen LogP) is 2.47. The minimum absolute atomic E-state index is 0. The Hall–Kier alpha value is -1.22. The van der Waals surface area contributed by atoms with Gasteiger partial charge < -0.3 is 21.1 Å². The standard InChI is InChI=1S/C14H21ClN4O2.HI/c1-9(2)13(20)17-6-7-18-14(16)19-10-4-5-12(21-3)11(15)8-10;/h4-5,8-9H,6-7H2,1-3H3,(H,17,20)(H3,16,18,19);1H. The zero-order chi connectivity index (χ0) is 15.8. The number of nitrogens with one attached hydrogen (secondary N) is 2. The van der Waals surface area contributed by atoms with Gasteiger partial charge in [-0.25, -0.2) is 0 Å². The molecule has 0 unspecified atom stereocenters. The lowest BCUT2D eigenvalue weighted by Gasteiger charge is -2.09. The van der Waals surface area contributed by atoms with Crippen molar-refractivity contribution in [3.8, 4) is 5.75 Å². The number of ether oxygens (including phenoxy) is 1. The van der Waals surface area contributed by atoms with Crippen molar-refractivity contribution in [1.82, 2.24) is 5.32 Å². The molecule has 0 spiro atoms. The first kappa shape index (κ1) is 20.8. The van der Waals surface area contributed by atoms with E-state index in [4.69, 9.17) is 22.1 Å². The van der Waals surface area contributed by atoms with E-state index in [2.05, 4.69) is 15.6 Å². The van der Waals surface area contributed by atoms with Gasteiger partial charge in [-0.2, -0.15) is 0 Å². The number of aliphatic imine (C=N–C) groups is 1. The maximum atomic E-state index is 11.3. The first-order valence-corrected chi connectivity index (χ1v) is 7.00. The molecule has 0 aliphatic heterocycles. The minimum atomic E-state index is -0.0362. The molecule has 1 aromatic rings. The second kappa shape index (κ2) is 10.5. The van der Waals surface area contributed by atoms with Gasteiger partial charge in [0.25, 0.3) is 0 Å². The fourth-order valence-corrected chi connectivity index (χ4v) is 1.75. The molecular weight excluding hydrogens is 419 g/mol. The number of hydrogen-bond acceptors (Lipinski definition) is 3. The first-order chi connectivity index (χ1) is 9.93. The van der Waals surface area contributed by atoms with Crippen LogP contribution in [0.25, 0.3) is 0 Å². The Labute approximate surface area is 152 Å². The maximum Gasteiger partial charge on any atom is 0.222 e. The molecule has 0 heterocycles. The number of carbonyl (C=O) groups is 1. The van der Waals surface area contributed by atoms with Gasteiger partial charge in [0.2, 0.25) is 5.91 Å². The summed E-state index contributed by atoms with van der Waals surface area (Å²) in [5.74, 6) is 0.814. The summed E-state index contributed by atoms with van der Waals surface area (Å²) in [6.45, 7) is 4.52. The zero-order valence-corrected chi connectivity index (χ0v) is 15.9. The van der Waals surface area contributed by atoms with Crippen LogP contribution in [0, 0.1) is 5.92 Å². The second-order valence-electron chi connectivity index (χ2n) is 4.69. The number of anilines is 1. The number of halogens is 2.